The fraction of sp³-hybridized carbons (Fsp3) is 0.633. The molecule has 0 bridgehead atoms. The standard InChI is InChI=1S/C50H74O7.C38H56N2O4.C10H18O4/c1-2-3-4-5-14-21-34-46(52)41-28-26-29-42(39-41)48(54)36-23-16-9-10-17-24-37-49(55)44-31-27-30-43(40-44)47(53)35-22-15-8-6-12-19-32-45(51)33-20-13-7-11-18-25-38-50(56)57;39-27-15-9-3-7-13-25-37(43)33-21-17-19-31(29-33)35(41)23-11-5-1-2-6-12-24-36(42)32-20-18-22-34(30-32)38(44)26-14-8-4-10-16-28-40;11-9(12)7-5-3-1-2-4-6-8-10(13)14/h26-31,39-40H,2-25,32-38H2,1H3,(H,56,57);17-22,29-30H,1-16,23-28,39-40H2;1-8H2,(H,11,12)(H,13,14). The first-order valence-electron chi connectivity index (χ1n) is 45.0. The molecule has 0 aliphatic rings. The second kappa shape index (κ2) is 70.4. The summed E-state index contributed by atoms with van der Waals surface area (Å²) >= 11 is 0. The Morgan fingerprint density at radius 2 is 0.339 bits per heavy atom. The Kier molecular flexibility index (Phi) is 63.3. The van der Waals surface area contributed by atoms with Gasteiger partial charge in [0.15, 0.2) is 46.3 Å². The Morgan fingerprint density at radius 3 is 0.496 bits per heavy atom. The van der Waals surface area contributed by atoms with E-state index in [9.17, 15) is 57.5 Å². The van der Waals surface area contributed by atoms with Gasteiger partial charge in [-0.25, -0.2) is 0 Å². The van der Waals surface area contributed by atoms with Crippen molar-refractivity contribution < 1.29 is 72.9 Å². The Morgan fingerprint density at radius 1 is 0.200 bits per heavy atom. The predicted octanol–water partition coefficient (Wildman–Crippen LogP) is 25.0. The van der Waals surface area contributed by atoms with Crippen LogP contribution in [0.3, 0.4) is 0 Å². The van der Waals surface area contributed by atoms with E-state index in [0.717, 1.165) is 283 Å². The van der Waals surface area contributed by atoms with Crippen molar-refractivity contribution in [1.82, 2.24) is 0 Å². The third kappa shape index (κ3) is 56.3. The van der Waals surface area contributed by atoms with Gasteiger partial charge in [0, 0.05) is 128 Å². The van der Waals surface area contributed by atoms with Crippen molar-refractivity contribution in [3.63, 3.8) is 0 Å². The average molecular weight is 1590 g/mol. The van der Waals surface area contributed by atoms with E-state index in [1.165, 1.54) is 25.7 Å². The summed E-state index contributed by atoms with van der Waals surface area (Å²) in [6, 6.07) is 28.7. The number of nitrogens with two attached hydrogens (primary N) is 2. The summed E-state index contributed by atoms with van der Waals surface area (Å²) in [5, 5.41) is 25.4. The number of carbonyl (C=O) groups is 12. The van der Waals surface area contributed by atoms with Gasteiger partial charge in [-0.05, 0) is 134 Å². The molecular weight excluding hydrogens is 1450 g/mol. The lowest BCUT2D eigenvalue weighted by Gasteiger charge is -2.06. The minimum atomic E-state index is -0.740. The summed E-state index contributed by atoms with van der Waals surface area (Å²) in [6.07, 6.45) is 51.5. The summed E-state index contributed by atoms with van der Waals surface area (Å²) in [4.78, 5) is 145. The summed E-state index contributed by atoms with van der Waals surface area (Å²) in [5.74, 6) is -1.08. The van der Waals surface area contributed by atoms with Crippen molar-refractivity contribution in [2.75, 3.05) is 13.1 Å². The highest BCUT2D eigenvalue weighted by Crippen LogP contribution is 2.23. The number of rotatable bonds is 74. The van der Waals surface area contributed by atoms with Crippen molar-refractivity contribution >= 4 is 70.0 Å². The van der Waals surface area contributed by atoms with Crippen LogP contribution in [0.4, 0.5) is 0 Å². The highest BCUT2D eigenvalue weighted by atomic mass is 16.4. The number of carboxylic acids is 3. The van der Waals surface area contributed by atoms with Crippen LogP contribution in [0.2, 0.25) is 0 Å². The molecule has 0 spiro atoms. The van der Waals surface area contributed by atoms with Crippen LogP contribution in [0.5, 0.6) is 0 Å². The Bertz CT molecular complexity index is 3280. The van der Waals surface area contributed by atoms with E-state index >= 15 is 0 Å². The van der Waals surface area contributed by atoms with Gasteiger partial charge >= 0.3 is 17.9 Å². The van der Waals surface area contributed by atoms with E-state index in [-0.39, 0.29) is 65.5 Å². The molecule has 0 saturated heterocycles. The number of hydrogen-bond donors (Lipinski definition) is 5. The minimum Gasteiger partial charge on any atom is -0.481 e. The van der Waals surface area contributed by atoms with Crippen LogP contribution in [-0.4, -0.2) is 98.4 Å². The number of Topliss-reactive ketones (excluding diaryl/α,β-unsaturated/α-hetero) is 9. The topological polar surface area (TPSA) is 318 Å². The van der Waals surface area contributed by atoms with Crippen molar-refractivity contribution in [1.29, 1.82) is 0 Å². The predicted molar refractivity (Wildman–Crippen MR) is 465 cm³/mol. The zero-order valence-corrected chi connectivity index (χ0v) is 70.8. The van der Waals surface area contributed by atoms with Crippen LogP contribution < -0.4 is 11.5 Å². The summed E-state index contributed by atoms with van der Waals surface area (Å²) in [7, 11) is 0. The molecule has 0 aliphatic heterocycles. The summed E-state index contributed by atoms with van der Waals surface area (Å²) in [6.45, 7) is 3.65. The normalized spacial score (nSPS) is 10.9. The van der Waals surface area contributed by atoms with Gasteiger partial charge in [-0.15, -0.1) is 0 Å². The number of ketones is 9. The van der Waals surface area contributed by atoms with Gasteiger partial charge in [0.2, 0.25) is 0 Å². The van der Waals surface area contributed by atoms with Crippen LogP contribution in [0.1, 0.15) is 469 Å². The average Bonchev–Trinajstić information content (AvgIpc) is 0.885. The lowest BCUT2D eigenvalue weighted by Crippen LogP contribution is -2.04. The number of unbranched alkanes of at least 4 members (excludes halogenated alkanes) is 38. The smallest absolute Gasteiger partial charge is 0.303 e. The third-order valence-electron chi connectivity index (χ3n) is 21.4. The molecule has 0 unspecified atom stereocenters. The van der Waals surface area contributed by atoms with Crippen molar-refractivity contribution in [2.24, 2.45) is 11.5 Å². The van der Waals surface area contributed by atoms with Crippen molar-refractivity contribution in [3.05, 3.63) is 142 Å². The largest absolute Gasteiger partial charge is 0.481 e. The second-order valence-corrected chi connectivity index (χ2v) is 31.7. The molecular formula is C98H148N2O15. The lowest BCUT2D eigenvalue weighted by molar-refractivity contribution is -0.138. The molecule has 4 rings (SSSR count). The van der Waals surface area contributed by atoms with Gasteiger partial charge in [-0.3, -0.25) is 57.5 Å². The lowest BCUT2D eigenvalue weighted by atomic mass is 9.97. The molecule has 0 radical (unpaired) electrons. The molecule has 640 valence electrons. The maximum absolute atomic E-state index is 12.9. The molecule has 7 N–H and O–H groups in total. The number of hydrogen-bond acceptors (Lipinski definition) is 14. The fourth-order valence-corrected chi connectivity index (χ4v) is 14.2. The summed E-state index contributed by atoms with van der Waals surface area (Å²) < 4.78 is 0. The van der Waals surface area contributed by atoms with Crippen LogP contribution in [0, 0.1) is 0 Å². The summed E-state index contributed by atoms with van der Waals surface area (Å²) in [5.41, 5.74) is 16.1. The molecule has 4 aromatic rings. The van der Waals surface area contributed by atoms with E-state index in [1.807, 2.05) is 42.5 Å². The van der Waals surface area contributed by atoms with E-state index in [1.54, 1.807) is 54.6 Å². The van der Waals surface area contributed by atoms with E-state index < -0.39 is 17.9 Å². The second-order valence-electron chi connectivity index (χ2n) is 31.7. The first-order chi connectivity index (χ1) is 55.8. The molecule has 0 amide bonds. The zero-order chi connectivity index (χ0) is 84.0. The van der Waals surface area contributed by atoms with E-state index in [0.29, 0.717) is 114 Å². The van der Waals surface area contributed by atoms with Crippen LogP contribution in [-0.2, 0) is 19.2 Å². The minimum absolute atomic E-state index is 0.0754. The molecule has 0 aliphatic carbocycles. The fourth-order valence-electron chi connectivity index (χ4n) is 14.2. The van der Waals surface area contributed by atoms with E-state index in [4.69, 9.17) is 26.8 Å². The zero-order valence-electron chi connectivity index (χ0n) is 70.8. The highest BCUT2D eigenvalue weighted by Gasteiger charge is 2.17. The van der Waals surface area contributed by atoms with Gasteiger partial charge in [0.25, 0.3) is 0 Å². The maximum atomic E-state index is 12.9. The van der Waals surface area contributed by atoms with Gasteiger partial charge in [-0.1, -0.05) is 279 Å². The van der Waals surface area contributed by atoms with Gasteiger partial charge in [0.1, 0.15) is 5.78 Å². The molecule has 0 heterocycles. The highest BCUT2D eigenvalue weighted by molar-refractivity contribution is 6.04. The molecule has 0 saturated carbocycles. The van der Waals surface area contributed by atoms with Crippen molar-refractivity contribution in [3.8, 4) is 0 Å². The molecule has 115 heavy (non-hydrogen) atoms. The Balaban J connectivity index is 0.000000682. The number of aliphatic carboxylic acids is 3. The maximum Gasteiger partial charge on any atom is 0.303 e. The molecule has 0 aromatic heterocycles. The first kappa shape index (κ1) is 103. The van der Waals surface area contributed by atoms with E-state index in [2.05, 4.69) is 6.92 Å². The van der Waals surface area contributed by atoms with Crippen LogP contribution >= 0.6 is 0 Å². The molecule has 17 nitrogen and oxygen atoms in total. The quantitative estimate of drug-likeness (QED) is 0.0203. The van der Waals surface area contributed by atoms with Crippen LogP contribution in [0.25, 0.3) is 0 Å². The first-order valence-corrected chi connectivity index (χ1v) is 45.0. The molecule has 4 aromatic carbocycles. The molecule has 0 atom stereocenters. The van der Waals surface area contributed by atoms with Gasteiger partial charge in [0.05, 0.1) is 0 Å². The Hall–Kier alpha value is -7.76. The van der Waals surface area contributed by atoms with Gasteiger partial charge in [-0.2, -0.15) is 0 Å². The number of carboxylic acid groups (broad SMARTS) is 3. The Labute approximate surface area is 691 Å². The van der Waals surface area contributed by atoms with Crippen LogP contribution in [0.15, 0.2) is 97.1 Å². The van der Waals surface area contributed by atoms with Gasteiger partial charge < -0.3 is 26.8 Å². The monoisotopic (exact) mass is 1590 g/mol. The van der Waals surface area contributed by atoms with Crippen molar-refractivity contribution in [2.45, 2.75) is 386 Å². The SMILES string of the molecule is CCCCCCCCC(=O)c1cccc(C(=O)CCCCCCCCC(=O)c2cccc(C(=O)CCCCCCCCC(=O)CCCCCCCCC(=O)O)c2)c1.NCCCCCCCC(=O)c1cccc(C(=O)CCCCCCCCC(=O)c2cccc(C(=O)CCCCCCCN)c2)c1.O=C(O)CCCCCCCCC(=O)O. The third-order valence-corrected chi connectivity index (χ3v) is 21.4. The number of carbonyl (C=O) groups excluding carboxylic acids is 9. The molecule has 17 heteroatoms. The number of benzene rings is 4. The molecule has 0 fully saturated rings.